The molecule has 0 aliphatic carbocycles. The maximum absolute atomic E-state index is 6.24. The minimum absolute atomic E-state index is 0.177. The lowest BCUT2D eigenvalue weighted by Gasteiger charge is -2.38. The van der Waals surface area contributed by atoms with Crippen LogP contribution in [0, 0.1) is 12.3 Å². The van der Waals surface area contributed by atoms with Crippen molar-refractivity contribution < 1.29 is 4.43 Å². The third kappa shape index (κ3) is 3.46. The predicted molar refractivity (Wildman–Crippen MR) is 76.3 cm³/mol. The Balaban J connectivity index is 2.90. The van der Waals surface area contributed by atoms with Gasteiger partial charge >= 0.3 is 0 Å². The van der Waals surface area contributed by atoms with Gasteiger partial charge in [0.15, 0.2) is 8.32 Å². The molecule has 0 amide bonds. The topological polar surface area (TPSA) is 9.23 Å². The minimum Gasteiger partial charge on any atom is -0.399 e. The van der Waals surface area contributed by atoms with Gasteiger partial charge in [0, 0.05) is 0 Å². The van der Waals surface area contributed by atoms with Crippen LogP contribution in [0.3, 0.4) is 0 Å². The smallest absolute Gasteiger partial charge is 0.194 e. The second kappa shape index (κ2) is 5.08. The van der Waals surface area contributed by atoms with Crippen LogP contribution in [-0.2, 0) is 4.43 Å². The molecule has 1 nitrogen and oxygen atoms in total. The van der Waals surface area contributed by atoms with Crippen molar-refractivity contribution in [3.8, 4) is 12.3 Å². The summed E-state index contributed by atoms with van der Waals surface area (Å²) >= 11 is 0. The van der Waals surface area contributed by atoms with Gasteiger partial charge in [-0.1, -0.05) is 57.0 Å². The maximum Gasteiger partial charge on any atom is 0.194 e. The zero-order valence-corrected chi connectivity index (χ0v) is 12.4. The molecule has 17 heavy (non-hydrogen) atoms. The fourth-order valence-electron chi connectivity index (χ4n) is 1.30. The SMILES string of the molecule is C#CC(O[Si](C)(C)C(C)(C)C)c1ccccc1. The van der Waals surface area contributed by atoms with Gasteiger partial charge in [-0.25, -0.2) is 0 Å². The van der Waals surface area contributed by atoms with E-state index in [1.54, 1.807) is 0 Å². The van der Waals surface area contributed by atoms with Crippen molar-refractivity contribution >= 4 is 8.32 Å². The Morgan fingerprint density at radius 1 is 1.18 bits per heavy atom. The Labute approximate surface area is 106 Å². The van der Waals surface area contributed by atoms with Gasteiger partial charge in [0.25, 0.3) is 0 Å². The Morgan fingerprint density at radius 3 is 2.12 bits per heavy atom. The van der Waals surface area contributed by atoms with Crippen molar-refractivity contribution in [1.82, 2.24) is 0 Å². The van der Waals surface area contributed by atoms with Crippen LogP contribution in [0.4, 0.5) is 0 Å². The Kier molecular flexibility index (Phi) is 4.19. The highest BCUT2D eigenvalue weighted by atomic mass is 28.4. The van der Waals surface area contributed by atoms with Crippen LogP contribution in [0.1, 0.15) is 32.4 Å². The first-order valence-electron chi connectivity index (χ1n) is 5.97. The van der Waals surface area contributed by atoms with Crippen LogP contribution < -0.4 is 0 Å². The normalized spacial score (nSPS) is 14.1. The van der Waals surface area contributed by atoms with E-state index in [2.05, 4.69) is 39.8 Å². The third-order valence-electron chi connectivity index (χ3n) is 3.47. The zero-order valence-electron chi connectivity index (χ0n) is 11.4. The molecule has 0 aliphatic heterocycles. The Hall–Kier alpha value is -1.04. The van der Waals surface area contributed by atoms with E-state index in [0.717, 1.165) is 5.56 Å². The summed E-state index contributed by atoms with van der Waals surface area (Å²) in [6.45, 7) is 11.1. The molecule has 1 unspecified atom stereocenters. The quantitative estimate of drug-likeness (QED) is 0.568. The number of benzene rings is 1. The molecule has 0 aliphatic rings. The first-order chi connectivity index (χ1) is 7.78. The van der Waals surface area contributed by atoms with Gasteiger partial charge in [0.2, 0.25) is 0 Å². The Bertz CT molecular complexity index is 395. The van der Waals surface area contributed by atoms with Crippen molar-refractivity contribution in [3.05, 3.63) is 35.9 Å². The van der Waals surface area contributed by atoms with Crippen LogP contribution in [-0.4, -0.2) is 8.32 Å². The largest absolute Gasteiger partial charge is 0.399 e. The molecule has 2 heteroatoms. The van der Waals surface area contributed by atoms with E-state index < -0.39 is 8.32 Å². The molecule has 0 saturated carbocycles. The molecule has 1 aromatic carbocycles. The van der Waals surface area contributed by atoms with Gasteiger partial charge in [-0.2, -0.15) is 0 Å². The summed E-state index contributed by atoms with van der Waals surface area (Å²) in [5.41, 5.74) is 1.07. The van der Waals surface area contributed by atoms with Gasteiger partial charge in [-0.3, -0.25) is 0 Å². The standard InChI is InChI=1S/C15H22OSi/c1-7-14(13-11-9-8-10-12-13)16-17(5,6)15(2,3)4/h1,8-12,14H,2-6H3. The molecular weight excluding hydrogens is 224 g/mol. The molecule has 92 valence electrons. The lowest BCUT2D eigenvalue weighted by molar-refractivity contribution is 0.238. The van der Waals surface area contributed by atoms with Crippen LogP contribution in [0.2, 0.25) is 18.1 Å². The molecule has 0 heterocycles. The highest BCUT2D eigenvalue weighted by Crippen LogP contribution is 2.39. The van der Waals surface area contributed by atoms with Crippen molar-refractivity contribution in [3.63, 3.8) is 0 Å². The average Bonchev–Trinajstić information content (AvgIpc) is 2.25. The molecule has 1 rings (SSSR count). The molecule has 0 N–H and O–H groups in total. The summed E-state index contributed by atoms with van der Waals surface area (Å²) in [5, 5.41) is 0.177. The minimum atomic E-state index is -1.81. The lowest BCUT2D eigenvalue weighted by Crippen LogP contribution is -2.41. The van der Waals surface area contributed by atoms with Gasteiger partial charge < -0.3 is 4.43 Å². The second-order valence-corrected chi connectivity index (χ2v) is 10.6. The lowest BCUT2D eigenvalue weighted by atomic mass is 10.1. The number of hydrogen-bond acceptors (Lipinski definition) is 1. The number of terminal acetylenes is 1. The molecule has 0 radical (unpaired) electrons. The summed E-state index contributed by atoms with van der Waals surface area (Å²) in [4.78, 5) is 0. The number of rotatable bonds is 3. The summed E-state index contributed by atoms with van der Waals surface area (Å²) < 4.78 is 6.24. The third-order valence-corrected chi connectivity index (χ3v) is 7.91. The summed E-state index contributed by atoms with van der Waals surface area (Å²) in [7, 11) is -1.81. The van der Waals surface area contributed by atoms with E-state index in [4.69, 9.17) is 10.8 Å². The molecule has 1 atom stereocenters. The average molecular weight is 246 g/mol. The fourth-order valence-corrected chi connectivity index (χ4v) is 2.44. The summed E-state index contributed by atoms with van der Waals surface area (Å²) in [5.74, 6) is 2.76. The van der Waals surface area contributed by atoms with E-state index in [0.29, 0.717) is 0 Å². The molecule has 0 fully saturated rings. The van der Waals surface area contributed by atoms with Crippen molar-refractivity contribution in [2.24, 2.45) is 0 Å². The highest BCUT2D eigenvalue weighted by molar-refractivity contribution is 6.74. The van der Waals surface area contributed by atoms with Crippen LogP contribution in [0.5, 0.6) is 0 Å². The summed E-state index contributed by atoms with van der Waals surface area (Å²) in [6.07, 6.45) is 5.38. The van der Waals surface area contributed by atoms with Gasteiger partial charge in [-0.05, 0) is 23.7 Å². The predicted octanol–water partition coefficient (Wildman–Crippen LogP) is 4.38. The highest BCUT2D eigenvalue weighted by Gasteiger charge is 2.39. The van der Waals surface area contributed by atoms with E-state index in [-0.39, 0.29) is 11.1 Å². The molecule has 0 bridgehead atoms. The maximum atomic E-state index is 6.24. The van der Waals surface area contributed by atoms with Crippen LogP contribution in [0.25, 0.3) is 0 Å². The van der Waals surface area contributed by atoms with Crippen molar-refractivity contribution in [1.29, 1.82) is 0 Å². The molecule has 1 aromatic rings. The molecule has 0 aromatic heterocycles. The number of hydrogen-bond donors (Lipinski definition) is 0. The molecular formula is C15H22OSi. The first kappa shape index (κ1) is 14.0. The van der Waals surface area contributed by atoms with E-state index in [1.165, 1.54) is 0 Å². The van der Waals surface area contributed by atoms with Gasteiger partial charge in [0.1, 0.15) is 6.10 Å². The van der Waals surface area contributed by atoms with Crippen LogP contribution >= 0.6 is 0 Å². The monoisotopic (exact) mass is 246 g/mol. The second-order valence-electron chi connectivity index (χ2n) is 5.84. The Morgan fingerprint density at radius 2 is 1.71 bits per heavy atom. The summed E-state index contributed by atoms with van der Waals surface area (Å²) in [6, 6.07) is 10.0. The van der Waals surface area contributed by atoms with Crippen molar-refractivity contribution in [2.75, 3.05) is 0 Å². The van der Waals surface area contributed by atoms with Crippen LogP contribution in [0.15, 0.2) is 30.3 Å². The molecule has 0 spiro atoms. The van der Waals surface area contributed by atoms with Gasteiger partial charge in [-0.15, -0.1) is 6.42 Å². The van der Waals surface area contributed by atoms with Crippen molar-refractivity contribution in [2.45, 2.75) is 45.0 Å². The van der Waals surface area contributed by atoms with E-state index in [9.17, 15) is 0 Å². The van der Waals surface area contributed by atoms with Gasteiger partial charge in [0.05, 0.1) is 0 Å². The van der Waals surface area contributed by atoms with E-state index >= 15 is 0 Å². The molecule has 0 saturated heterocycles. The zero-order chi connectivity index (χ0) is 13.1. The first-order valence-corrected chi connectivity index (χ1v) is 8.87. The van der Waals surface area contributed by atoms with E-state index in [1.807, 2.05) is 30.3 Å². The fraction of sp³-hybridized carbons (Fsp3) is 0.467.